The molecule has 2 rings (SSSR count). The summed E-state index contributed by atoms with van der Waals surface area (Å²) in [6, 6.07) is 9.75. The average Bonchev–Trinajstić information content (AvgIpc) is 2.58. The standard InChI is InChI=1S/C15H20N2O.C4H10O/c1-11-13(15(2,3)4)14(18)17(16(11)5)12-9-7-6-8-10-12;1-4(2,3)5/h6-10H,1-5H3;5H,1-3H3. The number of benzene rings is 1. The van der Waals surface area contributed by atoms with Crippen LogP contribution in [0.15, 0.2) is 35.1 Å². The van der Waals surface area contributed by atoms with E-state index in [0.717, 1.165) is 16.9 Å². The van der Waals surface area contributed by atoms with Gasteiger partial charge in [-0.05, 0) is 45.2 Å². The van der Waals surface area contributed by atoms with Gasteiger partial charge in [0.15, 0.2) is 0 Å². The predicted octanol–water partition coefficient (Wildman–Crippen LogP) is 3.56. The van der Waals surface area contributed by atoms with Crippen molar-refractivity contribution in [1.29, 1.82) is 0 Å². The Morgan fingerprint density at radius 1 is 0.957 bits per heavy atom. The van der Waals surface area contributed by atoms with Gasteiger partial charge in [0, 0.05) is 18.3 Å². The molecule has 0 saturated heterocycles. The number of rotatable bonds is 1. The molecule has 0 bridgehead atoms. The molecule has 1 heterocycles. The van der Waals surface area contributed by atoms with Gasteiger partial charge in [-0.25, -0.2) is 4.68 Å². The Morgan fingerprint density at radius 2 is 1.39 bits per heavy atom. The zero-order valence-electron chi connectivity index (χ0n) is 15.6. The third-order valence-electron chi connectivity index (χ3n) is 3.30. The SMILES string of the molecule is CC(C)(C)O.Cc1c(C(C)(C)C)c(=O)n(-c2ccccc2)n1C. The number of nitrogens with zero attached hydrogens (tertiary/aromatic N) is 2. The molecule has 0 fully saturated rings. The van der Waals surface area contributed by atoms with Crippen molar-refractivity contribution in [1.82, 2.24) is 9.36 Å². The molecule has 0 unspecified atom stereocenters. The number of hydrogen-bond acceptors (Lipinski definition) is 2. The van der Waals surface area contributed by atoms with Crippen molar-refractivity contribution in [3.8, 4) is 5.69 Å². The van der Waals surface area contributed by atoms with Gasteiger partial charge in [-0.2, -0.15) is 0 Å². The molecule has 0 aliphatic heterocycles. The van der Waals surface area contributed by atoms with Crippen molar-refractivity contribution in [2.45, 2.75) is 59.5 Å². The van der Waals surface area contributed by atoms with Crippen LogP contribution in [-0.4, -0.2) is 20.1 Å². The lowest BCUT2D eigenvalue weighted by Crippen LogP contribution is -2.26. The van der Waals surface area contributed by atoms with Crippen LogP contribution < -0.4 is 5.56 Å². The van der Waals surface area contributed by atoms with E-state index in [1.807, 2.05) is 49.0 Å². The Balaban J connectivity index is 0.000000463. The Labute approximate surface area is 139 Å². The van der Waals surface area contributed by atoms with Crippen LogP contribution in [0.4, 0.5) is 0 Å². The molecule has 0 aliphatic carbocycles. The average molecular weight is 318 g/mol. The molecular formula is C19H30N2O2. The number of hydrogen-bond donors (Lipinski definition) is 1. The summed E-state index contributed by atoms with van der Waals surface area (Å²) < 4.78 is 3.66. The van der Waals surface area contributed by atoms with E-state index < -0.39 is 5.60 Å². The highest BCUT2D eigenvalue weighted by Crippen LogP contribution is 2.23. The van der Waals surface area contributed by atoms with Crippen LogP contribution in [0.5, 0.6) is 0 Å². The van der Waals surface area contributed by atoms with Gasteiger partial charge in [0.2, 0.25) is 0 Å². The van der Waals surface area contributed by atoms with E-state index in [1.165, 1.54) is 0 Å². The minimum atomic E-state index is -0.500. The highest BCUT2D eigenvalue weighted by Gasteiger charge is 2.25. The van der Waals surface area contributed by atoms with Crippen LogP contribution in [-0.2, 0) is 12.5 Å². The van der Waals surface area contributed by atoms with Gasteiger partial charge in [-0.15, -0.1) is 0 Å². The highest BCUT2D eigenvalue weighted by molar-refractivity contribution is 5.35. The van der Waals surface area contributed by atoms with E-state index in [-0.39, 0.29) is 11.0 Å². The fourth-order valence-electron chi connectivity index (χ4n) is 2.43. The van der Waals surface area contributed by atoms with Gasteiger partial charge >= 0.3 is 0 Å². The summed E-state index contributed by atoms with van der Waals surface area (Å²) in [4.78, 5) is 12.6. The van der Waals surface area contributed by atoms with Crippen molar-refractivity contribution in [2.24, 2.45) is 7.05 Å². The quantitative estimate of drug-likeness (QED) is 0.874. The van der Waals surface area contributed by atoms with Crippen LogP contribution in [0.3, 0.4) is 0 Å². The Morgan fingerprint density at radius 3 is 1.74 bits per heavy atom. The van der Waals surface area contributed by atoms with Crippen molar-refractivity contribution in [2.75, 3.05) is 0 Å². The third kappa shape index (κ3) is 5.10. The first kappa shape index (κ1) is 19.2. The molecular weight excluding hydrogens is 288 g/mol. The molecule has 0 aliphatic rings. The molecule has 4 nitrogen and oxygen atoms in total. The van der Waals surface area contributed by atoms with E-state index >= 15 is 0 Å². The van der Waals surface area contributed by atoms with Crippen LogP contribution in [0.25, 0.3) is 5.69 Å². The summed E-state index contributed by atoms with van der Waals surface area (Å²) in [6.07, 6.45) is 0. The van der Waals surface area contributed by atoms with Crippen molar-refractivity contribution >= 4 is 0 Å². The van der Waals surface area contributed by atoms with Crippen molar-refractivity contribution in [3.05, 3.63) is 51.9 Å². The zero-order valence-corrected chi connectivity index (χ0v) is 15.6. The molecule has 23 heavy (non-hydrogen) atoms. The first-order valence-electron chi connectivity index (χ1n) is 7.91. The normalized spacial score (nSPS) is 11.9. The molecule has 0 radical (unpaired) electrons. The molecule has 0 spiro atoms. The molecule has 0 atom stereocenters. The summed E-state index contributed by atoms with van der Waals surface area (Å²) >= 11 is 0. The Bertz CT molecular complexity index is 690. The largest absolute Gasteiger partial charge is 0.391 e. The molecule has 1 aromatic carbocycles. The summed E-state index contributed by atoms with van der Waals surface area (Å²) in [5.74, 6) is 0. The molecule has 2 aromatic rings. The van der Waals surface area contributed by atoms with Gasteiger partial charge in [0.05, 0.1) is 11.3 Å². The molecule has 1 N–H and O–H groups in total. The first-order valence-corrected chi connectivity index (χ1v) is 7.91. The van der Waals surface area contributed by atoms with E-state index in [1.54, 1.807) is 25.5 Å². The monoisotopic (exact) mass is 318 g/mol. The maximum absolute atomic E-state index is 12.6. The maximum Gasteiger partial charge on any atom is 0.275 e. The number of aromatic nitrogens is 2. The smallest absolute Gasteiger partial charge is 0.275 e. The molecule has 0 amide bonds. The fourth-order valence-corrected chi connectivity index (χ4v) is 2.43. The highest BCUT2D eigenvalue weighted by atomic mass is 16.3. The molecule has 0 saturated carbocycles. The minimum absolute atomic E-state index is 0.0775. The molecule has 1 aromatic heterocycles. The fraction of sp³-hybridized carbons (Fsp3) is 0.526. The lowest BCUT2D eigenvalue weighted by atomic mass is 9.87. The van der Waals surface area contributed by atoms with Crippen molar-refractivity contribution in [3.63, 3.8) is 0 Å². The van der Waals surface area contributed by atoms with E-state index in [4.69, 9.17) is 5.11 Å². The molecule has 128 valence electrons. The second-order valence-corrected chi connectivity index (χ2v) is 7.86. The number of aliphatic hydroxyl groups is 1. The topological polar surface area (TPSA) is 47.2 Å². The van der Waals surface area contributed by atoms with Crippen LogP contribution in [0, 0.1) is 6.92 Å². The Kier molecular flexibility index (Phi) is 5.65. The predicted molar refractivity (Wildman–Crippen MR) is 96.4 cm³/mol. The van der Waals surface area contributed by atoms with Gasteiger partial charge in [0.1, 0.15) is 0 Å². The summed E-state index contributed by atoms with van der Waals surface area (Å²) in [5, 5.41) is 8.52. The minimum Gasteiger partial charge on any atom is -0.391 e. The third-order valence-corrected chi connectivity index (χ3v) is 3.30. The lowest BCUT2D eigenvalue weighted by molar-refractivity contribution is 0.102. The summed E-state index contributed by atoms with van der Waals surface area (Å²) in [5.41, 5.74) is 2.25. The van der Waals surface area contributed by atoms with Gasteiger partial charge in [-0.1, -0.05) is 39.0 Å². The maximum atomic E-state index is 12.6. The van der Waals surface area contributed by atoms with E-state index in [0.29, 0.717) is 0 Å². The summed E-state index contributed by atoms with van der Waals surface area (Å²) in [6.45, 7) is 13.5. The van der Waals surface area contributed by atoms with E-state index in [9.17, 15) is 4.79 Å². The Hall–Kier alpha value is -1.81. The van der Waals surface area contributed by atoms with Crippen LogP contribution in [0.2, 0.25) is 0 Å². The van der Waals surface area contributed by atoms with Gasteiger partial charge in [-0.3, -0.25) is 9.48 Å². The zero-order chi connectivity index (χ0) is 18.0. The number of para-hydroxylation sites is 1. The summed E-state index contributed by atoms with van der Waals surface area (Å²) in [7, 11) is 1.93. The van der Waals surface area contributed by atoms with Crippen LogP contribution >= 0.6 is 0 Å². The second kappa shape index (κ2) is 6.75. The molecule has 4 heteroatoms. The first-order chi connectivity index (χ1) is 10.3. The van der Waals surface area contributed by atoms with Crippen LogP contribution in [0.1, 0.15) is 52.8 Å². The van der Waals surface area contributed by atoms with Gasteiger partial charge in [0.25, 0.3) is 5.56 Å². The van der Waals surface area contributed by atoms with E-state index in [2.05, 4.69) is 20.8 Å². The lowest BCUT2D eigenvalue weighted by Gasteiger charge is -2.16. The second-order valence-electron chi connectivity index (χ2n) is 7.86. The van der Waals surface area contributed by atoms with Crippen molar-refractivity contribution < 1.29 is 5.11 Å². The van der Waals surface area contributed by atoms with Gasteiger partial charge < -0.3 is 5.11 Å².